The number of thioether (sulfide) groups is 1. The topological polar surface area (TPSA) is 132 Å². The Hall–Kier alpha value is -3.99. The number of carbonyl (C=O) groups is 2. The van der Waals surface area contributed by atoms with Gasteiger partial charge in [0.25, 0.3) is 5.69 Å². The molecule has 11 heteroatoms. The van der Waals surface area contributed by atoms with Crippen molar-refractivity contribution in [2.75, 3.05) is 12.3 Å². The Kier molecular flexibility index (Phi) is 7.12. The molecule has 1 heterocycles. The van der Waals surface area contributed by atoms with Gasteiger partial charge >= 0.3 is 6.03 Å². The maximum atomic E-state index is 12.1. The van der Waals surface area contributed by atoms with E-state index in [9.17, 15) is 19.7 Å². The summed E-state index contributed by atoms with van der Waals surface area (Å²) < 4.78 is 1.75. The van der Waals surface area contributed by atoms with Crippen LogP contribution >= 0.6 is 11.8 Å². The van der Waals surface area contributed by atoms with E-state index in [0.29, 0.717) is 16.5 Å². The zero-order valence-electron chi connectivity index (χ0n) is 16.2. The highest BCUT2D eigenvalue weighted by Crippen LogP contribution is 2.28. The summed E-state index contributed by atoms with van der Waals surface area (Å²) in [5.41, 5.74) is 1.35. The first-order valence-electron chi connectivity index (χ1n) is 9.06. The van der Waals surface area contributed by atoms with Gasteiger partial charge < -0.3 is 5.32 Å². The molecule has 0 aliphatic carbocycles. The van der Waals surface area contributed by atoms with Gasteiger partial charge in [0.2, 0.25) is 5.91 Å². The molecule has 1 aromatic heterocycles. The maximum Gasteiger partial charge on any atom is 0.321 e. The molecule has 10 nitrogen and oxygen atoms in total. The standard InChI is InChI=1S/C20H18N6O4S/c1-2-12-21-19(28)22-17(27)13-31-20-24-23-18(25(20)15-6-4-3-5-7-15)14-8-10-16(11-9-14)26(29)30/h2-11H,1,12-13H2,(H2,21,22,27,28). The average molecular weight is 438 g/mol. The minimum atomic E-state index is -0.610. The van der Waals surface area contributed by atoms with Crippen LogP contribution in [0.2, 0.25) is 0 Å². The number of imide groups is 1. The Bertz CT molecular complexity index is 1100. The van der Waals surface area contributed by atoms with E-state index in [1.54, 1.807) is 16.7 Å². The highest BCUT2D eigenvalue weighted by atomic mass is 32.2. The van der Waals surface area contributed by atoms with Gasteiger partial charge in [-0.2, -0.15) is 0 Å². The number of rotatable bonds is 8. The third-order valence-corrected chi connectivity index (χ3v) is 4.91. The number of benzene rings is 2. The fourth-order valence-corrected chi connectivity index (χ4v) is 3.35. The van der Waals surface area contributed by atoms with Gasteiger partial charge in [0.15, 0.2) is 11.0 Å². The Labute approximate surface area is 181 Å². The molecule has 0 saturated heterocycles. The van der Waals surface area contributed by atoms with Crippen LogP contribution in [0, 0.1) is 10.1 Å². The van der Waals surface area contributed by atoms with Crippen LogP contribution in [0.15, 0.2) is 72.4 Å². The highest BCUT2D eigenvalue weighted by molar-refractivity contribution is 7.99. The third kappa shape index (κ3) is 5.54. The molecule has 2 aromatic carbocycles. The lowest BCUT2D eigenvalue weighted by Crippen LogP contribution is -2.40. The number of nitro groups is 1. The zero-order valence-corrected chi connectivity index (χ0v) is 17.0. The molecule has 3 aromatic rings. The first kappa shape index (κ1) is 21.7. The molecule has 3 amide bonds. The molecule has 0 aliphatic rings. The van der Waals surface area contributed by atoms with Gasteiger partial charge in [-0.25, -0.2) is 4.79 Å². The first-order valence-corrected chi connectivity index (χ1v) is 10.0. The van der Waals surface area contributed by atoms with Gasteiger partial charge in [0, 0.05) is 29.9 Å². The van der Waals surface area contributed by atoms with E-state index in [1.165, 1.54) is 18.2 Å². The summed E-state index contributed by atoms with van der Waals surface area (Å²) in [7, 11) is 0. The number of hydrogen-bond donors (Lipinski definition) is 2. The summed E-state index contributed by atoms with van der Waals surface area (Å²) in [6.45, 7) is 3.73. The lowest BCUT2D eigenvalue weighted by atomic mass is 10.2. The maximum absolute atomic E-state index is 12.1. The highest BCUT2D eigenvalue weighted by Gasteiger charge is 2.18. The SMILES string of the molecule is C=CCNC(=O)NC(=O)CSc1nnc(-c2ccc([N+](=O)[O-])cc2)n1-c1ccccc1. The normalized spacial score (nSPS) is 10.3. The van der Waals surface area contributed by atoms with Gasteiger partial charge in [-0.1, -0.05) is 36.0 Å². The third-order valence-electron chi connectivity index (χ3n) is 3.98. The van der Waals surface area contributed by atoms with Crippen molar-refractivity contribution < 1.29 is 14.5 Å². The summed E-state index contributed by atoms with van der Waals surface area (Å²) in [4.78, 5) is 34.1. The van der Waals surface area contributed by atoms with Gasteiger partial charge in [0.1, 0.15) is 0 Å². The van der Waals surface area contributed by atoms with Crippen molar-refractivity contribution in [3.05, 3.63) is 77.4 Å². The molecular formula is C20H18N6O4S. The minimum absolute atomic E-state index is 0.0319. The average Bonchev–Trinajstić information content (AvgIpc) is 3.21. The van der Waals surface area contributed by atoms with Crippen molar-refractivity contribution in [3.8, 4) is 17.1 Å². The first-order chi connectivity index (χ1) is 15.0. The minimum Gasteiger partial charge on any atom is -0.334 e. The summed E-state index contributed by atoms with van der Waals surface area (Å²) in [6, 6.07) is 14.6. The van der Waals surface area contributed by atoms with E-state index in [2.05, 4.69) is 27.4 Å². The molecular weight excluding hydrogens is 420 g/mol. The fraction of sp³-hybridized carbons (Fsp3) is 0.100. The number of aromatic nitrogens is 3. The molecule has 0 radical (unpaired) electrons. The molecule has 0 fully saturated rings. The fourth-order valence-electron chi connectivity index (χ4n) is 2.59. The van der Waals surface area contributed by atoms with Crippen LogP contribution in [0.1, 0.15) is 0 Å². The van der Waals surface area contributed by atoms with Crippen molar-refractivity contribution in [3.63, 3.8) is 0 Å². The van der Waals surface area contributed by atoms with Gasteiger partial charge in [-0.05, 0) is 24.3 Å². The van der Waals surface area contributed by atoms with E-state index < -0.39 is 16.9 Å². The van der Waals surface area contributed by atoms with Crippen molar-refractivity contribution in [1.29, 1.82) is 0 Å². The number of para-hydroxylation sites is 1. The molecule has 2 N–H and O–H groups in total. The van der Waals surface area contributed by atoms with Gasteiger partial charge in [-0.3, -0.25) is 24.8 Å². The molecule has 158 valence electrons. The van der Waals surface area contributed by atoms with Gasteiger partial charge in [0.05, 0.1) is 10.7 Å². The van der Waals surface area contributed by atoms with Crippen LogP contribution in [0.25, 0.3) is 17.1 Å². The Morgan fingerprint density at radius 3 is 2.48 bits per heavy atom. The van der Waals surface area contributed by atoms with Crippen molar-refractivity contribution >= 4 is 29.4 Å². The number of nitrogens with zero attached hydrogens (tertiary/aromatic N) is 4. The molecule has 0 atom stereocenters. The van der Waals surface area contributed by atoms with E-state index in [1.807, 2.05) is 30.3 Å². The molecule has 0 spiro atoms. The number of nitro benzene ring substituents is 1. The quantitative estimate of drug-likeness (QED) is 0.239. The lowest BCUT2D eigenvalue weighted by molar-refractivity contribution is -0.384. The van der Waals surface area contributed by atoms with Crippen LogP contribution in [0.4, 0.5) is 10.5 Å². The predicted molar refractivity (Wildman–Crippen MR) is 116 cm³/mol. The van der Waals surface area contributed by atoms with Crippen molar-refractivity contribution in [1.82, 2.24) is 25.4 Å². The molecule has 0 saturated carbocycles. The number of amides is 3. The molecule has 0 aliphatic heterocycles. The molecule has 0 bridgehead atoms. The largest absolute Gasteiger partial charge is 0.334 e. The Balaban J connectivity index is 1.84. The van der Waals surface area contributed by atoms with Crippen molar-refractivity contribution in [2.24, 2.45) is 0 Å². The van der Waals surface area contributed by atoms with E-state index in [0.717, 1.165) is 17.4 Å². The second-order valence-electron chi connectivity index (χ2n) is 6.12. The number of hydrogen-bond acceptors (Lipinski definition) is 7. The smallest absolute Gasteiger partial charge is 0.321 e. The number of urea groups is 1. The van der Waals surface area contributed by atoms with Crippen LogP contribution in [-0.4, -0.2) is 43.9 Å². The Morgan fingerprint density at radius 2 is 1.84 bits per heavy atom. The van der Waals surface area contributed by atoms with E-state index >= 15 is 0 Å². The number of non-ortho nitro benzene ring substituents is 1. The molecule has 0 unspecified atom stereocenters. The van der Waals surface area contributed by atoms with Crippen LogP contribution < -0.4 is 10.6 Å². The van der Waals surface area contributed by atoms with E-state index in [4.69, 9.17) is 0 Å². The molecule has 3 rings (SSSR count). The monoisotopic (exact) mass is 438 g/mol. The van der Waals surface area contributed by atoms with Crippen LogP contribution in [0.3, 0.4) is 0 Å². The van der Waals surface area contributed by atoms with E-state index in [-0.39, 0.29) is 18.0 Å². The summed E-state index contributed by atoms with van der Waals surface area (Å²) in [6.07, 6.45) is 1.50. The number of nitrogens with one attached hydrogen (secondary N) is 2. The lowest BCUT2D eigenvalue weighted by Gasteiger charge is -2.10. The van der Waals surface area contributed by atoms with Gasteiger partial charge in [-0.15, -0.1) is 16.8 Å². The van der Waals surface area contributed by atoms with Crippen LogP contribution in [0.5, 0.6) is 0 Å². The predicted octanol–water partition coefficient (Wildman–Crippen LogP) is 2.95. The van der Waals surface area contributed by atoms with Crippen molar-refractivity contribution in [2.45, 2.75) is 5.16 Å². The summed E-state index contributed by atoms with van der Waals surface area (Å²) >= 11 is 1.11. The van der Waals surface area contributed by atoms with Crippen LogP contribution in [-0.2, 0) is 4.79 Å². The molecule has 31 heavy (non-hydrogen) atoms. The Morgan fingerprint density at radius 1 is 1.13 bits per heavy atom. The summed E-state index contributed by atoms with van der Waals surface area (Å²) in [5.74, 6) is -0.0917. The second kappa shape index (κ2) is 10.2. The number of carbonyl (C=O) groups excluding carboxylic acids is 2. The zero-order chi connectivity index (χ0) is 22.2. The summed E-state index contributed by atoms with van der Waals surface area (Å²) in [5, 5.41) is 24.4. The second-order valence-corrected chi connectivity index (χ2v) is 7.06.